The van der Waals surface area contributed by atoms with Gasteiger partial charge in [0.05, 0.1) is 9.95 Å². The quantitative estimate of drug-likeness (QED) is 0.452. The minimum Gasteiger partial charge on any atom is -0.322 e. The second-order valence-electron chi connectivity index (χ2n) is 5.23. The molecule has 0 unspecified atom stereocenters. The molecule has 0 fully saturated rings. The van der Waals surface area contributed by atoms with Gasteiger partial charge in [-0.05, 0) is 31.2 Å². The Hall–Kier alpha value is -2.42. The molecule has 1 N–H and O–H groups in total. The minimum atomic E-state index is -0.586. The van der Waals surface area contributed by atoms with Crippen LogP contribution in [-0.2, 0) is 0 Å². The van der Waals surface area contributed by atoms with Gasteiger partial charge in [-0.15, -0.1) is 11.3 Å². The number of amides is 1. The number of para-hydroxylation sites is 1. The first-order chi connectivity index (χ1) is 12.4. The number of aryl methyl sites for hydroxylation is 1. The van der Waals surface area contributed by atoms with E-state index in [-0.39, 0.29) is 11.3 Å². The molecule has 0 aliphatic rings. The highest BCUT2D eigenvalue weighted by molar-refractivity contribution is 8.01. The van der Waals surface area contributed by atoms with Crippen molar-refractivity contribution in [2.24, 2.45) is 0 Å². The molecular formula is C17H12ClN3O3S2. The first kappa shape index (κ1) is 18.4. The van der Waals surface area contributed by atoms with Gasteiger partial charge in [0, 0.05) is 27.7 Å². The van der Waals surface area contributed by atoms with E-state index in [0.29, 0.717) is 10.7 Å². The van der Waals surface area contributed by atoms with Crippen LogP contribution in [0.2, 0.25) is 5.02 Å². The summed E-state index contributed by atoms with van der Waals surface area (Å²) in [5, 5.41) is 16.1. The van der Waals surface area contributed by atoms with Crippen LogP contribution in [-0.4, -0.2) is 15.8 Å². The Labute approximate surface area is 162 Å². The number of benzene rings is 2. The van der Waals surface area contributed by atoms with Crippen LogP contribution >= 0.6 is 34.7 Å². The lowest BCUT2D eigenvalue weighted by molar-refractivity contribution is -0.385. The van der Waals surface area contributed by atoms with Crippen molar-refractivity contribution < 1.29 is 9.72 Å². The molecule has 6 nitrogen and oxygen atoms in total. The number of nitro benzene ring substituents is 1. The third kappa shape index (κ3) is 4.21. The van der Waals surface area contributed by atoms with Crippen LogP contribution < -0.4 is 5.32 Å². The Bertz CT molecular complexity index is 991. The Morgan fingerprint density at radius 3 is 2.73 bits per heavy atom. The maximum Gasteiger partial charge on any atom is 0.282 e. The summed E-state index contributed by atoms with van der Waals surface area (Å²) in [6.45, 7) is 1.92. The van der Waals surface area contributed by atoms with Crippen LogP contribution in [0, 0.1) is 17.0 Å². The van der Waals surface area contributed by atoms with E-state index in [2.05, 4.69) is 10.3 Å². The SMILES string of the molecule is Cc1csc(Sc2ccc(NC(=O)c3ccccc3[N+](=O)[O-])cc2Cl)n1. The molecule has 0 atom stereocenters. The number of hydrogen-bond acceptors (Lipinski definition) is 6. The summed E-state index contributed by atoms with van der Waals surface area (Å²) in [7, 11) is 0. The highest BCUT2D eigenvalue weighted by atomic mass is 35.5. The Morgan fingerprint density at radius 2 is 2.08 bits per heavy atom. The molecule has 0 spiro atoms. The number of carbonyl (C=O) groups is 1. The summed E-state index contributed by atoms with van der Waals surface area (Å²) in [6, 6.07) is 10.9. The predicted molar refractivity (Wildman–Crippen MR) is 103 cm³/mol. The molecule has 0 radical (unpaired) electrons. The van der Waals surface area contributed by atoms with Gasteiger partial charge in [-0.1, -0.05) is 35.5 Å². The van der Waals surface area contributed by atoms with Crippen molar-refractivity contribution in [3.05, 3.63) is 74.2 Å². The number of anilines is 1. The van der Waals surface area contributed by atoms with Crippen LogP contribution in [0.3, 0.4) is 0 Å². The fraction of sp³-hybridized carbons (Fsp3) is 0.0588. The fourth-order valence-electron chi connectivity index (χ4n) is 2.16. The van der Waals surface area contributed by atoms with Gasteiger partial charge in [0.15, 0.2) is 4.34 Å². The van der Waals surface area contributed by atoms with Crippen molar-refractivity contribution in [2.75, 3.05) is 5.32 Å². The Morgan fingerprint density at radius 1 is 1.31 bits per heavy atom. The molecule has 0 saturated carbocycles. The number of halogens is 1. The molecule has 3 rings (SSSR count). The Balaban J connectivity index is 1.77. The molecule has 9 heteroatoms. The second kappa shape index (κ2) is 7.86. The first-order valence-electron chi connectivity index (χ1n) is 7.38. The smallest absolute Gasteiger partial charge is 0.282 e. The van der Waals surface area contributed by atoms with E-state index in [9.17, 15) is 14.9 Å². The Kier molecular flexibility index (Phi) is 5.55. The third-order valence-corrected chi connectivity index (χ3v) is 5.89. The van der Waals surface area contributed by atoms with E-state index >= 15 is 0 Å². The average Bonchev–Trinajstić information content (AvgIpc) is 3.02. The molecule has 2 aromatic carbocycles. The number of carbonyl (C=O) groups excluding carboxylic acids is 1. The molecule has 0 saturated heterocycles. The summed E-state index contributed by atoms with van der Waals surface area (Å²) < 4.78 is 0.876. The number of nitrogens with one attached hydrogen (secondary N) is 1. The van der Waals surface area contributed by atoms with Crippen molar-refractivity contribution in [2.45, 2.75) is 16.2 Å². The average molecular weight is 406 g/mol. The van der Waals surface area contributed by atoms with Crippen LogP contribution in [0.1, 0.15) is 16.1 Å². The van der Waals surface area contributed by atoms with Crippen LogP contribution in [0.15, 0.2) is 57.1 Å². The summed E-state index contributed by atoms with van der Waals surface area (Å²) in [5.41, 5.74) is 1.15. The minimum absolute atomic E-state index is 0.00895. The monoisotopic (exact) mass is 405 g/mol. The molecule has 0 aliphatic carbocycles. The van der Waals surface area contributed by atoms with Crippen LogP contribution in [0.5, 0.6) is 0 Å². The second-order valence-corrected chi connectivity index (χ2v) is 7.78. The van der Waals surface area contributed by atoms with Crippen molar-refractivity contribution >= 4 is 52.0 Å². The van der Waals surface area contributed by atoms with E-state index in [0.717, 1.165) is 14.9 Å². The lowest BCUT2D eigenvalue weighted by atomic mass is 10.1. The maximum absolute atomic E-state index is 12.4. The number of nitrogens with zero attached hydrogens (tertiary/aromatic N) is 2. The third-order valence-electron chi connectivity index (χ3n) is 3.33. The van der Waals surface area contributed by atoms with Gasteiger partial charge in [-0.2, -0.15) is 0 Å². The fourth-order valence-corrected chi connectivity index (χ4v) is 4.25. The molecule has 26 heavy (non-hydrogen) atoms. The van der Waals surface area contributed by atoms with Crippen LogP contribution in [0.4, 0.5) is 11.4 Å². The predicted octanol–water partition coefficient (Wildman–Crippen LogP) is 5.42. The number of nitro groups is 1. The largest absolute Gasteiger partial charge is 0.322 e. The van der Waals surface area contributed by atoms with Crippen molar-refractivity contribution in [1.82, 2.24) is 4.98 Å². The topological polar surface area (TPSA) is 85.1 Å². The highest BCUT2D eigenvalue weighted by Crippen LogP contribution is 2.36. The molecule has 1 heterocycles. The summed E-state index contributed by atoms with van der Waals surface area (Å²) in [5.74, 6) is -0.565. The standard InChI is InChI=1S/C17H12ClN3O3S2/c1-10-9-25-17(19-10)26-15-7-6-11(8-13(15)18)20-16(22)12-4-2-3-5-14(12)21(23)24/h2-9H,1H3,(H,20,22). The normalized spacial score (nSPS) is 10.5. The molecule has 3 aromatic rings. The maximum atomic E-state index is 12.4. The highest BCUT2D eigenvalue weighted by Gasteiger charge is 2.19. The first-order valence-corrected chi connectivity index (χ1v) is 9.46. The van der Waals surface area contributed by atoms with Gasteiger partial charge >= 0.3 is 0 Å². The van der Waals surface area contributed by atoms with Gasteiger partial charge in [-0.3, -0.25) is 14.9 Å². The zero-order valence-corrected chi connectivity index (χ0v) is 15.8. The number of thiazole rings is 1. The molecular weight excluding hydrogens is 394 g/mol. The molecule has 0 aliphatic heterocycles. The zero-order chi connectivity index (χ0) is 18.7. The summed E-state index contributed by atoms with van der Waals surface area (Å²) in [4.78, 5) is 28.0. The van der Waals surface area contributed by atoms with Crippen molar-refractivity contribution in [3.8, 4) is 0 Å². The number of hydrogen-bond donors (Lipinski definition) is 1. The zero-order valence-electron chi connectivity index (χ0n) is 13.4. The van der Waals surface area contributed by atoms with E-state index in [1.54, 1.807) is 24.3 Å². The van der Waals surface area contributed by atoms with E-state index in [1.165, 1.54) is 41.3 Å². The number of aromatic nitrogens is 1. The van der Waals surface area contributed by atoms with Gasteiger partial charge in [0.2, 0.25) is 0 Å². The number of rotatable bonds is 5. The van der Waals surface area contributed by atoms with Gasteiger partial charge in [0.25, 0.3) is 11.6 Å². The van der Waals surface area contributed by atoms with E-state index in [1.807, 2.05) is 12.3 Å². The summed E-state index contributed by atoms with van der Waals surface area (Å²) >= 11 is 9.26. The molecule has 1 amide bonds. The van der Waals surface area contributed by atoms with Crippen LogP contribution in [0.25, 0.3) is 0 Å². The van der Waals surface area contributed by atoms with Gasteiger partial charge in [0.1, 0.15) is 5.56 Å². The van der Waals surface area contributed by atoms with E-state index in [4.69, 9.17) is 11.6 Å². The van der Waals surface area contributed by atoms with Gasteiger partial charge in [-0.25, -0.2) is 4.98 Å². The molecule has 1 aromatic heterocycles. The molecule has 0 bridgehead atoms. The van der Waals surface area contributed by atoms with Gasteiger partial charge < -0.3 is 5.32 Å². The van der Waals surface area contributed by atoms with Crippen molar-refractivity contribution in [3.63, 3.8) is 0 Å². The lowest BCUT2D eigenvalue weighted by Gasteiger charge is -2.08. The van der Waals surface area contributed by atoms with E-state index < -0.39 is 10.8 Å². The lowest BCUT2D eigenvalue weighted by Crippen LogP contribution is -2.13. The summed E-state index contributed by atoms with van der Waals surface area (Å²) in [6.07, 6.45) is 0. The molecule has 132 valence electrons. The van der Waals surface area contributed by atoms with Crippen molar-refractivity contribution in [1.29, 1.82) is 0 Å².